The molecule has 0 aliphatic rings. The van der Waals surface area contributed by atoms with Crippen LogP contribution in [0.2, 0.25) is 0 Å². The number of pyridine rings is 1. The van der Waals surface area contributed by atoms with Gasteiger partial charge in [0, 0.05) is 12.4 Å². The molecule has 0 radical (unpaired) electrons. The summed E-state index contributed by atoms with van der Waals surface area (Å²) in [5.74, 6) is 0. The topological polar surface area (TPSA) is 12.9 Å². The Balaban J connectivity index is 0.000000640. The quantitative estimate of drug-likeness (QED) is 0.548. The average Bonchev–Trinajstić information content (AvgIpc) is 1.90. The lowest BCUT2D eigenvalue weighted by atomic mass is 10.5. The van der Waals surface area contributed by atoms with Crippen LogP contribution in [0, 0.1) is 0 Å². The molecule has 0 unspecified atom stereocenters. The molecule has 0 amide bonds. The Morgan fingerprint density at radius 2 is 1.89 bits per heavy atom. The Bertz CT molecular complexity index is 158. The summed E-state index contributed by atoms with van der Waals surface area (Å²) in [5, 5.41) is 0. The van der Waals surface area contributed by atoms with E-state index >= 15 is 0 Å². The highest BCUT2D eigenvalue weighted by molar-refractivity contribution is 6.46. The molecule has 46 valence electrons. The summed E-state index contributed by atoms with van der Waals surface area (Å²) in [6.45, 7) is 0. The van der Waals surface area contributed by atoms with E-state index in [1.165, 1.54) is 0 Å². The predicted octanol–water partition coefficient (Wildman–Crippen LogP) is 0.717. The van der Waals surface area contributed by atoms with Crippen molar-refractivity contribution in [3.05, 3.63) is 24.5 Å². The molecule has 9 heavy (non-hydrogen) atoms. The van der Waals surface area contributed by atoms with E-state index in [4.69, 9.17) is 0 Å². The van der Waals surface area contributed by atoms with Crippen LogP contribution in [0.15, 0.2) is 24.5 Å². The van der Waals surface area contributed by atoms with Crippen LogP contribution in [0.3, 0.4) is 0 Å². The van der Waals surface area contributed by atoms with Gasteiger partial charge in [-0.1, -0.05) is 12.1 Å². The van der Waals surface area contributed by atoms with Gasteiger partial charge < -0.3 is 2.96 Å². The van der Waals surface area contributed by atoms with Crippen molar-refractivity contribution in [2.45, 2.75) is 0 Å². The van der Waals surface area contributed by atoms with Crippen molar-refractivity contribution >= 4 is 37.0 Å². The van der Waals surface area contributed by atoms with Crippen molar-refractivity contribution in [3.63, 3.8) is 0 Å². The molecule has 0 bridgehead atoms. The molecule has 1 heterocycles. The maximum absolute atomic E-state index is 11.8. The Hall–Kier alpha value is 0.136. The van der Waals surface area contributed by atoms with Crippen molar-refractivity contribution in [1.82, 2.24) is 4.98 Å². The minimum absolute atomic E-state index is 0. The average molecular weight is 158 g/mol. The highest BCUT2D eigenvalue weighted by Crippen LogP contribution is 1.74. The Morgan fingerprint density at radius 1 is 1.33 bits per heavy atom. The minimum Gasteiger partial charge on any atom is -0.475 e. The molecule has 0 aromatic carbocycles. The molecule has 0 saturated carbocycles. The van der Waals surface area contributed by atoms with Gasteiger partial charge in [-0.2, -0.15) is 0 Å². The lowest BCUT2D eigenvalue weighted by Gasteiger charge is -1.85. The van der Waals surface area contributed by atoms with E-state index in [9.17, 15) is 2.96 Å². The van der Waals surface area contributed by atoms with Crippen molar-refractivity contribution in [2.75, 3.05) is 0 Å². The Labute approximate surface area is 69.6 Å². The summed E-state index contributed by atoms with van der Waals surface area (Å²) in [4.78, 5) is 3.75. The van der Waals surface area contributed by atoms with E-state index in [1.807, 2.05) is 0 Å². The van der Waals surface area contributed by atoms with Crippen LogP contribution >= 0.6 is 12.4 Å². The van der Waals surface area contributed by atoms with Crippen LogP contribution in [0.5, 0.6) is 0 Å². The lowest BCUT2D eigenvalue weighted by molar-refractivity contribution is 0.884. The van der Waals surface area contributed by atoms with Crippen LogP contribution in [0.25, 0.3) is 0 Å². The highest BCUT2D eigenvalue weighted by Gasteiger charge is 1.94. The fourth-order valence-corrected chi connectivity index (χ4v) is 0.861. The third-order valence-electron chi connectivity index (χ3n) is 0.904. The third kappa shape index (κ3) is 2.98. The van der Waals surface area contributed by atoms with Crippen molar-refractivity contribution < 1.29 is 2.96 Å². The second kappa shape index (κ2) is 4.96. The van der Waals surface area contributed by atoms with Gasteiger partial charge in [0.2, 0.25) is 0 Å². The predicted molar refractivity (Wildman–Crippen MR) is 38.0 cm³/mol. The number of rotatable bonds is 1. The fourth-order valence-electron chi connectivity index (χ4n) is 0.472. The van der Waals surface area contributed by atoms with Crippen molar-refractivity contribution in [2.24, 2.45) is 0 Å². The fraction of sp³-hybridized carbons (Fsp3) is 0. The molecule has 1 aromatic heterocycles. The van der Waals surface area contributed by atoms with Gasteiger partial charge in [-0.05, 0) is 0 Å². The molecule has 1 rings (SSSR count). The van der Waals surface area contributed by atoms with Gasteiger partial charge in [0.25, 0.3) is 0 Å². The van der Waals surface area contributed by atoms with Gasteiger partial charge in [-0.15, -0.1) is 16.1 Å². The van der Waals surface area contributed by atoms with Gasteiger partial charge in [-0.3, -0.25) is 4.98 Å². The maximum Gasteiger partial charge on any atom is 0.652 e. The second-order valence-corrected chi connectivity index (χ2v) is 2.57. The molecule has 1 nitrogen and oxygen atoms in total. The summed E-state index contributed by atoms with van der Waals surface area (Å²) >= 11 is -1.45. The largest absolute Gasteiger partial charge is 0.652 e. The first-order chi connectivity index (χ1) is 3.93. The standard InChI is InChI=1S/C5H4N.ClH.FH.Mg/c1-2-4-6-5-3-1;;;/h2-5H;2*1H;/q;;;+1/p-1. The van der Waals surface area contributed by atoms with E-state index < -0.39 is 20.9 Å². The zero-order chi connectivity index (χ0) is 5.82. The van der Waals surface area contributed by atoms with E-state index in [1.54, 1.807) is 24.5 Å². The van der Waals surface area contributed by atoms with Crippen LogP contribution in [0.4, 0.5) is 2.96 Å². The zero-order valence-corrected chi connectivity index (χ0v) is 6.98. The summed E-state index contributed by atoms with van der Waals surface area (Å²) in [6.07, 6.45) is 3.23. The molecule has 1 aromatic rings. The first kappa shape index (κ1) is 9.14. The minimum atomic E-state index is -1.45. The smallest absolute Gasteiger partial charge is 0.475 e. The van der Waals surface area contributed by atoms with E-state index in [-0.39, 0.29) is 12.4 Å². The summed E-state index contributed by atoms with van der Waals surface area (Å²) in [5.41, 5.74) is 0. The molecule has 0 aliphatic carbocycles. The van der Waals surface area contributed by atoms with Crippen LogP contribution < -0.4 is 3.69 Å². The lowest BCUT2D eigenvalue weighted by Crippen LogP contribution is -2.07. The van der Waals surface area contributed by atoms with E-state index in [0.717, 1.165) is 3.69 Å². The van der Waals surface area contributed by atoms with Crippen molar-refractivity contribution in [1.29, 1.82) is 0 Å². The van der Waals surface area contributed by atoms with Crippen LogP contribution in [0.1, 0.15) is 0 Å². The first-order valence-corrected chi connectivity index (χ1v) is 3.62. The number of hydrogen-bond acceptors (Lipinski definition) is 1. The Morgan fingerprint density at radius 3 is 2.22 bits per heavy atom. The Kier molecular flexibility index (Phi) is 5.04. The van der Waals surface area contributed by atoms with E-state index in [0.29, 0.717) is 0 Å². The SMILES string of the molecule is Cl.[F][Mg][c]1ccncc1. The molecule has 0 spiro atoms. The maximum atomic E-state index is 11.8. The monoisotopic (exact) mass is 157 g/mol. The normalized spacial score (nSPS) is 7.22. The van der Waals surface area contributed by atoms with E-state index in [2.05, 4.69) is 4.98 Å². The number of hydrogen-bond donors (Lipinski definition) is 0. The van der Waals surface area contributed by atoms with Gasteiger partial charge >= 0.3 is 20.9 Å². The van der Waals surface area contributed by atoms with Crippen LogP contribution in [-0.4, -0.2) is 25.9 Å². The molecule has 4 heteroatoms. The van der Waals surface area contributed by atoms with Crippen LogP contribution in [-0.2, 0) is 0 Å². The van der Waals surface area contributed by atoms with Gasteiger partial charge in [0.15, 0.2) is 0 Å². The second-order valence-electron chi connectivity index (χ2n) is 1.49. The summed E-state index contributed by atoms with van der Waals surface area (Å²) in [6, 6.07) is 3.43. The zero-order valence-electron chi connectivity index (χ0n) is 4.75. The molecular formula is C5H5ClFMgN. The first-order valence-electron chi connectivity index (χ1n) is 2.38. The molecule has 0 saturated heterocycles. The molecule has 0 N–H and O–H groups in total. The summed E-state index contributed by atoms with van der Waals surface area (Å²) in [7, 11) is 0. The third-order valence-corrected chi connectivity index (χ3v) is 1.68. The number of nitrogens with zero attached hydrogens (tertiary/aromatic N) is 1. The number of halogens is 2. The number of aromatic nitrogens is 1. The molecular weight excluding hydrogens is 153 g/mol. The van der Waals surface area contributed by atoms with Gasteiger partial charge in [0.1, 0.15) is 0 Å². The molecule has 0 fully saturated rings. The molecule has 0 atom stereocenters. The van der Waals surface area contributed by atoms with Crippen molar-refractivity contribution in [3.8, 4) is 0 Å². The summed E-state index contributed by atoms with van der Waals surface area (Å²) < 4.78 is 12.7. The highest BCUT2D eigenvalue weighted by atomic mass is 35.5. The van der Waals surface area contributed by atoms with Gasteiger partial charge in [0.05, 0.1) is 0 Å². The molecule has 0 aliphatic heterocycles. The van der Waals surface area contributed by atoms with Gasteiger partial charge in [-0.25, -0.2) is 0 Å².